The fourth-order valence-corrected chi connectivity index (χ4v) is 2.38. The smallest absolute Gasteiger partial charge is 0.270 e. The van der Waals surface area contributed by atoms with Gasteiger partial charge in [0.2, 0.25) is 0 Å². The maximum atomic E-state index is 13.3. The van der Waals surface area contributed by atoms with Crippen molar-refractivity contribution in [3.8, 4) is 11.5 Å². The lowest BCUT2D eigenvalue weighted by Crippen LogP contribution is -2.23. The van der Waals surface area contributed by atoms with Gasteiger partial charge in [0.05, 0.1) is 20.8 Å². The van der Waals surface area contributed by atoms with Gasteiger partial charge in [0.15, 0.2) is 11.5 Å². The van der Waals surface area contributed by atoms with Crippen LogP contribution in [0.15, 0.2) is 48.5 Å². The van der Waals surface area contributed by atoms with Crippen molar-refractivity contribution < 1.29 is 23.5 Å². The summed E-state index contributed by atoms with van der Waals surface area (Å²) in [4.78, 5) is 17.3. The van der Waals surface area contributed by atoms with E-state index in [0.29, 0.717) is 29.2 Å². The fourth-order valence-electron chi connectivity index (χ4n) is 2.38. The van der Waals surface area contributed by atoms with Crippen LogP contribution in [0.25, 0.3) is 5.57 Å². The van der Waals surface area contributed by atoms with Crippen molar-refractivity contribution in [2.75, 3.05) is 27.9 Å². The van der Waals surface area contributed by atoms with Crippen LogP contribution in [0.5, 0.6) is 11.5 Å². The molecule has 0 saturated heterocycles. The van der Waals surface area contributed by atoms with Crippen molar-refractivity contribution in [2.45, 2.75) is 6.92 Å². The summed E-state index contributed by atoms with van der Waals surface area (Å²) in [7, 11) is 4.48. The molecule has 0 radical (unpaired) electrons. The summed E-state index contributed by atoms with van der Waals surface area (Å²) in [5.74, 6) is 0.459. The Kier molecular flexibility index (Phi) is 6.74. The zero-order valence-corrected chi connectivity index (χ0v) is 15.3. The van der Waals surface area contributed by atoms with Crippen LogP contribution in [-0.4, -0.2) is 38.8 Å². The zero-order chi connectivity index (χ0) is 19.1. The minimum atomic E-state index is -0.349. The van der Waals surface area contributed by atoms with Gasteiger partial charge in [0.25, 0.3) is 5.91 Å². The van der Waals surface area contributed by atoms with E-state index in [4.69, 9.17) is 14.3 Å². The van der Waals surface area contributed by atoms with Gasteiger partial charge in [-0.25, -0.2) is 9.45 Å². The van der Waals surface area contributed by atoms with Gasteiger partial charge in [0, 0.05) is 13.1 Å². The summed E-state index contributed by atoms with van der Waals surface area (Å²) in [6, 6.07) is 11.3. The highest BCUT2D eigenvalue weighted by Gasteiger charge is 2.14. The molecule has 0 atom stereocenters. The number of hydroxylamine groups is 2. The first kappa shape index (κ1) is 19.5. The highest BCUT2D eigenvalue weighted by molar-refractivity contribution is 5.98. The number of methoxy groups -OCH3 is 1. The minimum absolute atomic E-state index is 0.347. The Morgan fingerprint density at radius 2 is 1.73 bits per heavy atom. The summed E-state index contributed by atoms with van der Waals surface area (Å²) in [5, 5.41) is 1.11. The Labute approximate surface area is 152 Å². The zero-order valence-electron chi connectivity index (χ0n) is 15.3. The number of hydrogen-bond donors (Lipinski definition) is 0. The summed E-state index contributed by atoms with van der Waals surface area (Å²) >= 11 is 0. The number of nitrogens with zero attached hydrogens (tertiary/aromatic N) is 1. The summed E-state index contributed by atoms with van der Waals surface area (Å²) < 4.78 is 24.2. The number of benzene rings is 2. The van der Waals surface area contributed by atoms with Crippen LogP contribution < -0.4 is 9.47 Å². The van der Waals surface area contributed by atoms with Crippen molar-refractivity contribution >= 4 is 11.5 Å². The number of hydrogen-bond acceptors (Lipinski definition) is 4. The third-order valence-electron chi connectivity index (χ3n) is 3.78. The van der Waals surface area contributed by atoms with E-state index in [0.717, 1.165) is 10.6 Å². The lowest BCUT2D eigenvalue weighted by Gasteiger charge is -2.15. The Morgan fingerprint density at radius 1 is 1.08 bits per heavy atom. The molecule has 2 aromatic rings. The van der Waals surface area contributed by atoms with E-state index in [1.54, 1.807) is 31.4 Å². The second-order valence-corrected chi connectivity index (χ2v) is 5.38. The summed E-state index contributed by atoms with van der Waals surface area (Å²) in [6.07, 6.45) is 1.44. The van der Waals surface area contributed by atoms with E-state index in [1.807, 2.05) is 13.0 Å². The van der Waals surface area contributed by atoms with Crippen LogP contribution in [0, 0.1) is 5.82 Å². The van der Waals surface area contributed by atoms with Gasteiger partial charge in [-0.3, -0.25) is 9.63 Å². The molecule has 0 bridgehead atoms. The van der Waals surface area contributed by atoms with E-state index in [2.05, 4.69) is 0 Å². The van der Waals surface area contributed by atoms with E-state index < -0.39 is 0 Å². The molecule has 0 heterocycles. The number of likely N-dealkylation sites (N-methyl/N-ethyl adjacent to an activating group) is 1. The largest absolute Gasteiger partial charge is 0.493 e. The molecule has 0 aliphatic heterocycles. The van der Waals surface area contributed by atoms with Crippen LogP contribution in [0.4, 0.5) is 4.39 Å². The maximum Gasteiger partial charge on any atom is 0.270 e. The second kappa shape index (κ2) is 9.01. The van der Waals surface area contributed by atoms with E-state index in [1.165, 1.54) is 32.4 Å². The highest BCUT2D eigenvalue weighted by atomic mass is 19.1. The van der Waals surface area contributed by atoms with Crippen molar-refractivity contribution in [1.29, 1.82) is 0 Å². The highest BCUT2D eigenvalue weighted by Crippen LogP contribution is 2.33. The quantitative estimate of drug-likeness (QED) is 0.559. The molecule has 0 spiro atoms. The number of carbonyl (C=O) groups is 1. The van der Waals surface area contributed by atoms with Gasteiger partial charge in [-0.1, -0.05) is 18.2 Å². The predicted octanol–water partition coefficient (Wildman–Crippen LogP) is 3.68. The first-order valence-corrected chi connectivity index (χ1v) is 8.10. The molecule has 138 valence electrons. The van der Waals surface area contributed by atoms with E-state index in [9.17, 15) is 9.18 Å². The molecular weight excluding hydrogens is 337 g/mol. The number of rotatable bonds is 7. The first-order chi connectivity index (χ1) is 12.5. The normalized spacial score (nSPS) is 11.2. The van der Waals surface area contributed by atoms with E-state index >= 15 is 0 Å². The molecule has 2 rings (SSSR count). The van der Waals surface area contributed by atoms with E-state index in [-0.39, 0.29) is 11.7 Å². The van der Waals surface area contributed by atoms with Crippen molar-refractivity contribution in [1.82, 2.24) is 5.06 Å². The molecule has 0 saturated carbocycles. The lowest BCUT2D eigenvalue weighted by molar-refractivity contribution is -0.162. The average molecular weight is 359 g/mol. The maximum absolute atomic E-state index is 13.3. The lowest BCUT2D eigenvalue weighted by atomic mass is 9.97. The Bertz CT molecular complexity index is 787. The fraction of sp³-hybridized carbons (Fsp3) is 0.250. The van der Waals surface area contributed by atoms with Crippen molar-refractivity contribution in [2.24, 2.45) is 0 Å². The molecule has 2 aromatic carbocycles. The second-order valence-electron chi connectivity index (χ2n) is 5.38. The third-order valence-corrected chi connectivity index (χ3v) is 3.78. The number of carbonyl (C=O) groups excluding carboxylic acids is 1. The van der Waals surface area contributed by atoms with Crippen LogP contribution in [-0.2, 0) is 9.63 Å². The molecular formula is C20H22FNO4. The number of halogens is 1. The Hall–Kier alpha value is -2.86. The van der Waals surface area contributed by atoms with Gasteiger partial charge in [0.1, 0.15) is 5.82 Å². The first-order valence-electron chi connectivity index (χ1n) is 8.10. The van der Waals surface area contributed by atoms with Crippen LogP contribution >= 0.6 is 0 Å². The Balaban J connectivity index is 2.56. The van der Waals surface area contributed by atoms with Crippen molar-refractivity contribution in [3.63, 3.8) is 0 Å². The standard InChI is InChI=1S/C20H22FNO4/c1-5-26-19-12-15(8-11-18(19)24-3)17(13-20(23)22(2)25-4)14-6-9-16(21)10-7-14/h6-13H,5H2,1-4H3. The molecule has 1 amide bonds. The van der Waals surface area contributed by atoms with Gasteiger partial charge in [-0.05, 0) is 47.9 Å². The Morgan fingerprint density at radius 3 is 2.31 bits per heavy atom. The SMILES string of the molecule is CCOc1cc(C(=CC(=O)N(C)OC)c2ccc(F)cc2)ccc1OC. The molecule has 26 heavy (non-hydrogen) atoms. The minimum Gasteiger partial charge on any atom is -0.493 e. The molecule has 0 aliphatic carbocycles. The number of amides is 1. The predicted molar refractivity (Wildman–Crippen MR) is 97.4 cm³/mol. The number of ether oxygens (including phenoxy) is 2. The molecule has 0 fully saturated rings. The third kappa shape index (κ3) is 4.61. The molecule has 0 unspecified atom stereocenters. The van der Waals surface area contributed by atoms with Crippen LogP contribution in [0.1, 0.15) is 18.1 Å². The van der Waals surface area contributed by atoms with Gasteiger partial charge >= 0.3 is 0 Å². The molecule has 0 aromatic heterocycles. The molecule has 6 heteroatoms. The molecule has 5 nitrogen and oxygen atoms in total. The monoisotopic (exact) mass is 359 g/mol. The molecule has 0 N–H and O–H groups in total. The van der Waals surface area contributed by atoms with Gasteiger partial charge in [-0.15, -0.1) is 0 Å². The van der Waals surface area contributed by atoms with Crippen molar-refractivity contribution in [3.05, 3.63) is 65.5 Å². The summed E-state index contributed by atoms with van der Waals surface area (Å²) in [6.45, 7) is 2.35. The van der Waals surface area contributed by atoms with Crippen LogP contribution in [0.2, 0.25) is 0 Å². The topological polar surface area (TPSA) is 48.0 Å². The summed E-state index contributed by atoms with van der Waals surface area (Å²) in [5.41, 5.74) is 2.04. The molecule has 0 aliphatic rings. The van der Waals surface area contributed by atoms with Gasteiger partial charge < -0.3 is 9.47 Å². The van der Waals surface area contributed by atoms with Gasteiger partial charge in [-0.2, -0.15) is 0 Å². The average Bonchev–Trinajstić information content (AvgIpc) is 2.66. The van der Waals surface area contributed by atoms with Crippen LogP contribution in [0.3, 0.4) is 0 Å².